The van der Waals surface area contributed by atoms with Crippen molar-refractivity contribution in [2.24, 2.45) is 5.92 Å². The lowest BCUT2D eigenvalue weighted by Gasteiger charge is -2.32. The molecule has 2 heteroatoms. The molecular weight excluding hydrogens is 246 g/mol. The van der Waals surface area contributed by atoms with E-state index in [0.717, 1.165) is 12.8 Å². The van der Waals surface area contributed by atoms with Gasteiger partial charge in [0.15, 0.2) is 0 Å². The van der Waals surface area contributed by atoms with Crippen LogP contribution >= 0.6 is 0 Å². The summed E-state index contributed by atoms with van der Waals surface area (Å²) in [5, 5.41) is 0. The van der Waals surface area contributed by atoms with Gasteiger partial charge in [0, 0.05) is 18.5 Å². The molecule has 1 aromatic rings. The molecule has 0 saturated heterocycles. The summed E-state index contributed by atoms with van der Waals surface area (Å²) in [7, 11) is 0. The molecule has 0 bridgehead atoms. The fourth-order valence-corrected chi connectivity index (χ4v) is 2.65. The van der Waals surface area contributed by atoms with Crippen LogP contribution in [0.4, 0.5) is 0 Å². The monoisotopic (exact) mass is 273 g/mol. The van der Waals surface area contributed by atoms with E-state index in [9.17, 15) is 4.79 Å². The molecule has 0 aromatic heterocycles. The highest BCUT2D eigenvalue weighted by atomic mass is 16.2. The van der Waals surface area contributed by atoms with Crippen LogP contribution in [0.2, 0.25) is 0 Å². The van der Waals surface area contributed by atoms with Crippen molar-refractivity contribution in [3.8, 4) is 0 Å². The van der Waals surface area contributed by atoms with Crippen LogP contribution in [0.15, 0.2) is 30.3 Å². The third kappa shape index (κ3) is 4.09. The van der Waals surface area contributed by atoms with Crippen LogP contribution in [0.3, 0.4) is 0 Å². The maximum atomic E-state index is 12.5. The van der Waals surface area contributed by atoms with Crippen molar-refractivity contribution in [2.75, 3.05) is 0 Å². The highest BCUT2D eigenvalue weighted by Gasteiger charge is 2.36. The molecule has 1 aromatic carbocycles. The Morgan fingerprint density at radius 2 is 1.85 bits per heavy atom. The average molecular weight is 273 g/mol. The minimum atomic E-state index is 0.352. The highest BCUT2D eigenvalue weighted by molar-refractivity contribution is 5.77. The van der Waals surface area contributed by atoms with Crippen molar-refractivity contribution in [1.29, 1.82) is 0 Å². The highest BCUT2D eigenvalue weighted by Crippen LogP contribution is 2.31. The molecule has 1 saturated carbocycles. The molecule has 0 N–H and O–H groups in total. The lowest BCUT2D eigenvalue weighted by molar-refractivity contribution is -0.134. The first-order chi connectivity index (χ1) is 9.59. The molecule has 2 nitrogen and oxygen atoms in total. The first-order valence-electron chi connectivity index (χ1n) is 7.94. The van der Waals surface area contributed by atoms with E-state index >= 15 is 0 Å². The zero-order valence-electron chi connectivity index (χ0n) is 13.0. The normalized spacial score (nSPS) is 16.2. The van der Waals surface area contributed by atoms with Gasteiger partial charge in [0.1, 0.15) is 0 Å². The second kappa shape index (κ2) is 6.92. The first kappa shape index (κ1) is 15.1. The van der Waals surface area contributed by atoms with Gasteiger partial charge >= 0.3 is 0 Å². The maximum Gasteiger partial charge on any atom is 0.223 e. The van der Waals surface area contributed by atoms with Gasteiger partial charge in [-0.3, -0.25) is 4.79 Å². The Labute approximate surface area is 123 Å². The van der Waals surface area contributed by atoms with Gasteiger partial charge in [-0.1, -0.05) is 44.2 Å². The van der Waals surface area contributed by atoms with E-state index < -0.39 is 0 Å². The third-order valence-electron chi connectivity index (χ3n) is 4.33. The molecule has 2 rings (SSSR count). The smallest absolute Gasteiger partial charge is 0.223 e. The molecule has 110 valence electrons. The summed E-state index contributed by atoms with van der Waals surface area (Å²) < 4.78 is 0. The number of hydrogen-bond donors (Lipinski definition) is 0. The van der Waals surface area contributed by atoms with Crippen LogP contribution in [-0.2, 0) is 11.2 Å². The van der Waals surface area contributed by atoms with Gasteiger partial charge in [0.2, 0.25) is 5.91 Å². The molecule has 1 aliphatic rings. The van der Waals surface area contributed by atoms with Gasteiger partial charge in [-0.15, -0.1) is 0 Å². The molecule has 1 atom stereocenters. The second-order valence-electron chi connectivity index (χ2n) is 6.36. The SMILES string of the molecule is CC(C)C(C)N(C(=O)CCCc1ccccc1)C1CC1. The molecular formula is C18H27NO. The number of amides is 1. The molecule has 1 fully saturated rings. The number of aryl methyl sites for hydroxylation is 1. The summed E-state index contributed by atoms with van der Waals surface area (Å²) in [6.07, 6.45) is 5.03. The molecule has 20 heavy (non-hydrogen) atoms. The Hall–Kier alpha value is -1.31. The van der Waals surface area contributed by atoms with E-state index in [1.165, 1.54) is 18.4 Å². The van der Waals surface area contributed by atoms with Crippen molar-refractivity contribution < 1.29 is 4.79 Å². The maximum absolute atomic E-state index is 12.5. The summed E-state index contributed by atoms with van der Waals surface area (Å²) in [6, 6.07) is 11.3. The zero-order valence-corrected chi connectivity index (χ0v) is 13.0. The Morgan fingerprint density at radius 1 is 1.20 bits per heavy atom. The van der Waals surface area contributed by atoms with Gasteiger partial charge < -0.3 is 4.90 Å². The van der Waals surface area contributed by atoms with E-state index in [1.54, 1.807) is 0 Å². The summed E-state index contributed by atoms with van der Waals surface area (Å²) in [5.74, 6) is 0.887. The Kier molecular flexibility index (Phi) is 5.22. The number of nitrogens with zero attached hydrogens (tertiary/aromatic N) is 1. The van der Waals surface area contributed by atoms with Crippen LogP contribution in [0, 0.1) is 5.92 Å². The number of benzene rings is 1. The quantitative estimate of drug-likeness (QED) is 0.734. The van der Waals surface area contributed by atoms with Crippen LogP contribution < -0.4 is 0 Å². The van der Waals surface area contributed by atoms with Crippen molar-refractivity contribution in [1.82, 2.24) is 4.90 Å². The molecule has 0 radical (unpaired) electrons. The largest absolute Gasteiger partial charge is 0.337 e. The van der Waals surface area contributed by atoms with E-state index in [2.05, 4.69) is 49.9 Å². The minimum absolute atomic E-state index is 0.352. The molecule has 1 unspecified atom stereocenters. The minimum Gasteiger partial charge on any atom is -0.337 e. The molecule has 1 aliphatic carbocycles. The Morgan fingerprint density at radius 3 is 2.40 bits per heavy atom. The molecule has 0 spiro atoms. The predicted octanol–water partition coefficient (Wildman–Crippen LogP) is 4.04. The summed E-state index contributed by atoms with van der Waals surface area (Å²) in [5.41, 5.74) is 1.33. The fourth-order valence-electron chi connectivity index (χ4n) is 2.65. The van der Waals surface area contributed by atoms with Gasteiger partial charge in [-0.2, -0.15) is 0 Å². The van der Waals surface area contributed by atoms with Crippen LogP contribution in [0.25, 0.3) is 0 Å². The number of hydrogen-bond acceptors (Lipinski definition) is 1. The van der Waals surface area contributed by atoms with E-state index in [1.807, 2.05) is 6.07 Å². The fraction of sp³-hybridized carbons (Fsp3) is 0.611. The van der Waals surface area contributed by atoms with E-state index in [0.29, 0.717) is 30.3 Å². The number of carbonyl (C=O) groups is 1. The van der Waals surface area contributed by atoms with Gasteiger partial charge in [-0.25, -0.2) is 0 Å². The number of carbonyl (C=O) groups excluding carboxylic acids is 1. The summed E-state index contributed by atoms with van der Waals surface area (Å²) >= 11 is 0. The standard InChI is InChI=1S/C18H27NO/c1-14(2)15(3)19(17-12-13-17)18(20)11-7-10-16-8-5-4-6-9-16/h4-6,8-9,14-15,17H,7,10-13H2,1-3H3. The van der Waals surface area contributed by atoms with Crippen molar-refractivity contribution >= 4 is 5.91 Å². The molecule has 0 aliphatic heterocycles. The van der Waals surface area contributed by atoms with Crippen LogP contribution in [0.5, 0.6) is 0 Å². The van der Waals surface area contributed by atoms with Crippen molar-refractivity contribution in [3.63, 3.8) is 0 Å². The third-order valence-corrected chi connectivity index (χ3v) is 4.33. The Balaban J connectivity index is 1.83. The van der Waals surface area contributed by atoms with Gasteiger partial charge in [0.05, 0.1) is 0 Å². The average Bonchev–Trinajstić information content (AvgIpc) is 3.24. The lowest BCUT2D eigenvalue weighted by Crippen LogP contribution is -2.43. The topological polar surface area (TPSA) is 20.3 Å². The number of rotatable bonds is 7. The van der Waals surface area contributed by atoms with Crippen molar-refractivity contribution in [3.05, 3.63) is 35.9 Å². The molecule has 0 heterocycles. The summed E-state index contributed by atoms with van der Waals surface area (Å²) in [6.45, 7) is 6.60. The predicted molar refractivity (Wildman–Crippen MR) is 83.5 cm³/mol. The van der Waals surface area contributed by atoms with Crippen LogP contribution in [-0.4, -0.2) is 22.9 Å². The van der Waals surface area contributed by atoms with Crippen molar-refractivity contribution in [2.45, 2.75) is 65.0 Å². The van der Waals surface area contributed by atoms with E-state index in [-0.39, 0.29) is 0 Å². The van der Waals surface area contributed by atoms with E-state index in [4.69, 9.17) is 0 Å². The second-order valence-corrected chi connectivity index (χ2v) is 6.36. The lowest BCUT2D eigenvalue weighted by atomic mass is 10.0. The first-order valence-corrected chi connectivity index (χ1v) is 7.94. The zero-order chi connectivity index (χ0) is 14.5. The van der Waals surface area contributed by atoms with Gasteiger partial charge in [0.25, 0.3) is 0 Å². The molecule has 1 amide bonds. The summed E-state index contributed by atoms with van der Waals surface area (Å²) in [4.78, 5) is 14.6. The van der Waals surface area contributed by atoms with Gasteiger partial charge in [-0.05, 0) is 44.1 Å². The van der Waals surface area contributed by atoms with Crippen LogP contribution in [0.1, 0.15) is 52.0 Å². The Bertz CT molecular complexity index is 422.